The highest BCUT2D eigenvalue weighted by atomic mass is 32.2. The second-order valence-electron chi connectivity index (χ2n) is 6.00. The number of amides is 1. The molecule has 1 aliphatic rings. The van der Waals surface area contributed by atoms with E-state index in [-0.39, 0.29) is 32.8 Å². The van der Waals surface area contributed by atoms with Crippen molar-refractivity contribution in [2.75, 3.05) is 38.7 Å². The number of nitrogens with one attached hydrogen (secondary N) is 1. The van der Waals surface area contributed by atoms with Gasteiger partial charge in [0, 0.05) is 19.6 Å². The van der Waals surface area contributed by atoms with Gasteiger partial charge in [0.1, 0.15) is 30.5 Å². The molecule has 0 aliphatic carbocycles. The molecule has 13 heteroatoms. The third-order valence-electron chi connectivity index (χ3n) is 3.79. The van der Waals surface area contributed by atoms with Crippen LogP contribution in [0.2, 0.25) is 0 Å². The molecule has 1 aliphatic heterocycles. The summed E-state index contributed by atoms with van der Waals surface area (Å²) < 4.78 is 44.9. The van der Waals surface area contributed by atoms with Gasteiger partial charge in [0.15, 0.2) is 0 Å². The maximum atomic E-state index is 11.3. The van der Waals surface area contributed by atoms with Crippen molar-refractivity contribution < 1.29 is 52.4 Å². The summed E-state index contributed by atoms with van der Waals surface area (Å²) in [6, 6.07) is 0. The minimum absolute atomic E-state index is 0.0266. The van der Waals surface area contributed by atoms with Crippen molar-refractivity contribution in [1.82, 2.24) is 5.32 Å². The van der Waals surface area contributed by atoms with Crippen LogP contribution in [0.1, 0.15) is 12.8 Å². The predicted molar refractivity (Wildman–Crippen MR) is 89.6 cm³/mol. The third kappa shape index (κ3) is 9.12. The minimum Gasteiger partial charge on any atom is -0.449 e. The van der Waals surface area contributed by atoms with Crippen molar-refractivity contribution >= 4 is 16.2 Å². The first-order chi connectivity index (χ1) is 12.7. The summed E-state index contributed by atoms with van der Waals surface area (Å²) >= 11 is 0. The van der Waals surface area contributed by atoms with Crippen molar-refractivity contribution in [3.05, 3.63) is 0 Å². The molecule has 0 aromatic rings. The number of carbonyl (C=O) groups is 1. The molecule has 1 saturated heterocycles. The lowest BCUT2D eigenvalue weighted by Gasteiger charge is -2.39. The van der Waals surface area contributed by atoms with Crippen LogP contribution in [0.15, 0.2) is 0 Å². The van der Waals surface area contributed by atoms with Crippen molar-refractivity contribution in [1.29, 1.82) is 0 Å². The number of hydrogen-bond acceptors (Lipinski definition) is 10. The Morgan fingerprint density at radius 1 is 1.04 bits per heavy atom. The van der Waals surface area contributed by atoms with E-state index in [1.54, 1.807) is 0 Å². The van der Waals surface area contributed by atoms with Gasteiger partial charge in [-0.3, -0.25) is 4.55 Å². The number of carbonyl (C=O) groups excluding carboxylic acids is 1. The zero-order valence-electron chi connectivity index (χ0n) is 14.6. The van der Waals surface area contributed by atoms with Gasteiger partial charge in [-0.25, -0.2) is 4.79 Å². The van der Waals surface area contributed by atoms with Crippen LogP contribution >= 0.6 is 0 Å². The molecule has 160 valence electrons. The fraction of sp³-hybridized carbons (Fsp3) is 0.929. The lowest BCUT2D eigenvalue weighted by Crippen LogP contribution is -2.59. The summed E-state index contributed by atoms with van der Waals surface area (Å²) in [6.45, 7) is -0.395. The summed E-state index contributed by atoms with van der Waals surface area (Å²) in [5.41, 5.74) is 0. The molecule has 27 heavy (non-hydrogen) atoms. The molecule has 1 heterocycles. The van der Waals surface area contributed by atoms with Gasteiger partial charge in [0.05, 0.1) is 25.6 Å². The second-order valence-corrected chi connectivity index (χ2v) is 7.57. The smallest absolute Gasteiger partial charge is 0.407 e. The molecule has 0 radical (unpaired) electrons. The molecule has 1 unspecified atom stereocenters. The topological polar surface area (TPSA) is 192 Å². The SMILES string of the molecule is O=C(NCCCS(=O)(=O)O)OCCCOCC1O[C@H](CO)[C@@H](O)[C@H](O)[C@H]1O. The lowest BCUT2D eigenvalue weighted by atomic mass is 9.95. The maximum Gasteiger partial charge on any atom is 0.407 e. The first-order valence-electron chi connectivity index (χ1n) is 8.39. The van der Waals surface area contributed by atoms with E-state index in [9.17, 15) is 28.5 Å². The summed E-state index contributed by atoms with van der Waals surface area (Å²) in [5, 5.41) is 40.5. The standard InChI is InChI=1S/C14H27NO11S/c16-7-9-11(17)13(19)12(18)10(26-9)8-24-4-2-5-25-14(20)15-3-1-6-27(21,22)23/h9-13,16-19H,1-8H2,(H,15,20)(H,21,22,23)/t9-,10?,11-,12+,13+/m1/s1. The Morgan fingerprint density at radius 3 is 2.33 bits per heavy atom. The molecule has 0 bridgehead atoms. The van der Waals surface area contributed by atoms with Gasteiger partial charge in [-0.15, -0.1) is 0 Å². The van der Waals surface area contributed by atoms with Gasteiger partial charge in [-0.05, 0) is 6.42 Å². The molecule has 6 N–H and O–H groups in total. The van der Waals surface area contributed by atoms with Crippen LogP contribution in [-0.2, 0) is 24.3 Å². The summed E-state index contributed by atoms with van der Waals surface area (Å²) in [6.07, 6.45) is -6.53. The maximum absolute atomic E-state index is 11.3. The van der Waals surface area contributed by atoms with E-state index in [1.165, 1.54) is 0 Å². The summed E-state index contributed by atoms with van der Waals surface area (Å²) in [5.74, 6) is -0.459. The molecular weight excluding hydrogens is 390 g/mol. The lowest BCUT2D eigenvalue weighted by molar-refractivity contribution is -0.239. The Bertz CT molecular complexity index is 541. The van der Waals surface area contributed by atoms with Crippen LogP contribution in [0.5, 0.6) is 0 Å². The monoisotopic (exact) mass is 417 g/mol. The Balaban J connectivity index is 2.10. The molecule has 1 rings (SSSR count). The van der Waals surface area contributed by atoms with Crippen molar-refractivity contribution in [2.45, 2.75) is 43.4 Å². The first kappa shape index (κ1) is 24.0. The zero-order chi connectivity index (χ0) is 20.4. The van der Waals surface area contributed by atoms with E-state index in [1.807, 2.05) is 0 Å². The summed E-state index contributed by atoms with van der Waals surface area (Å²) in [4.78, 5) is 11.3. The van der Waals surface area contributed by atoms with Crippen LogP contribution in [0, 0.1) is 0 Å². The number of aliphatic hydroxyl groups is 4. The first-order valence-corrected chi connectivity index (χ1v) is 10.0. The molecule has 12 nitrogen and oxygen atoms in total. The zero-order valence-corrected chi connectivity index (χ0v) is 15.5. The molecule has 0 saturated carbocycles. The molecule has 5 atom stereocenters. The number of hydrogen-bond donors (Lipinski definition) is 6. The predicted octanol–water partition coefficient (Wildman–Crippen LogP) is -2.76. The largest absolute Gasteiger partial charge is 0.449 e. The average molecular weight is 417 g/mol. The Morgan fingerprint density at radius 2 is 1.70 bits per heavy atom. The molecule has 1 fully saturated rings. The molecule has 1 amide bonds. The molecule has 0 aromatic carbocycles. The normalized spacial score (nSPS) is 28.7. The quantitative estimate of drug-likeness (QED) is 0.151. The van der Waals surface area contributed by atoms with E-state index in [0.29, 0.717) is 6.42 Å². The van der Waals surface area contributed by atoms with Gasteiger partial charge in [-0.2, -0.15) is 8.42 Å². The number of alkyl carbamates (subject to hydrolysis) is 1. The van der Waals surface area contributed by atoms with E-state index in [4.69, 9.17) is 23.9 Å². The Hall–Kier alpha value is -1.06. The molecule has 0 spiro atoms. The van der Waals surface area contributed by atoms with Gasteiger partial charge < -0.3 is 40.0 Å². The number of ether oxygens (including phenoxy) is 3. The van der Waals surface area contributed by atoms with E-state index in [0.717, 1.165) is 0 Å². The van der Waals surface area contributed by atoms with Crippen molar-refractivity contribution in [2.24, 2.45) is 0 Å². The highest BCUT2D eigenvalue weighted by Gasteiger charge is 2.43. The number of aliphatic hydroxyl groups excluding tert-OH is 4. The third-order valence-corrected chi connectivity index (χ3v) is 4.59. The molecular formula is C14H27NO11S. The Kier molecular flexibility index (Phi) is 10.4. The van der Waals surface area contributed by atoms with Gasteiger partial charge in [-0.1, -0.05) is 0 Å². The fourth-order valence-electron chi connectivity index (χ4n) is 2.34. The van der Waals surface area contributed by atoms with Gasteiger partial charge in [0.2, 0.25) is 0 Å². The highest BCUT2D eigenvalue weighted by molar-refractivity contribution is 7.85. The molecule has 0 aromatic heterocycles. The average Bonchev–Trinajstić information content (AvgIpc) is 2.60. The van der Waals surface area contributed by atoms with Gasteiger partial charge >= 0.3 is 6.09 Å². The van der Waals surface area contributed by atoms with E-state index in [2.05, 4.69) is 5.32 Å². The minimum atomic E-state index is -4.05. The van der Waals surface area contributed by atoms with E-state index < -0.39 is 59.1 Å². The van der Waals surface area contributed by atoms with Crippen LogP contribution in [0.3, 0.4) is 0 Å². The highest BCUT2D eigenvalue weighted by Crippen LogP contribution is 2.21. The fourth-order valence-corrected chi connectivity index (χ4v) is 2.85. The Labute approximate surface area is 156 Å². The van der Waals surface area contributed by atoms with Crippen LogP contribution in [0.25, 0.3) is 0 Å². The number of rotatable bonds is 11. The summed E-state index contributed by atoms with van der Waals surface area (Å²) in [7, 11) is -4.05. The van der Waals surface area contributed by atoms with Crippen LogP contribution in [0.4, 0.5) is 4.79 Å². The van der Waals surface area contributed by atoms with Crippen molar-refractivity contribution in [3.8, 4) is 0 Å². The van der Waals surface area contributed by atoms with Crippen molar-refractivity contribution in [3.63, 3.8) is 0 Å². The van der Waals surface area contributed by atoms with E-state index >= 15 is 0 Å². The van der Waals surface area contributed by atoms with Crippen LogP contribution in [-0.4, -0.2) is 109 Å². The van der Waals surface area contributed by atoms with Crippen LogP contribution < -0.4 is 5.32 Å². The second kappa shape index (κ2) is 11.7. The van der Waals surface area contributed by atoms with Gasteiger partial charge in [0.25, 0.3) is 10.1 Å².